The van der Waals surface area contributed by atoms with E-state index in [2.05, 4.69) is 21.7 Å². The third kappa shape index (κ3) is 4.49. The fourth-order valence-electron chi connectivity index (χ4n) is 3.34. The predicted octanol–water partition coefficient (Wildman–Crippen LogP) is 2.53. The maximum atomic E-state index is 6.09. The van der Waals surface area contributed by atoms with Gasteiger partial charge in [-0.25, -0.2) is 4.98 Å². The summed E-state index contributed by atoms with van der Waals surface area (Å²) >= 11 is 1.78. The SMILES string of the molecule is Cc1ncsc1CN1CCCO[C@@H](CN2CCCCC2)C1. The first-order valence-electron chi connectivity index (χ1n) is 8.26. The molecule has 1 aromatic heterocycles. The zero-order valence-corrected chi connectivity index (χ0v) is 13.9. The molecule has 0 radical (unpaired) electrons. The maximum Gasteiger partial charge on any atom is 0.0828 e. The first-order valence-corrected chi connectivity index (χ1v) is 9.14. The third-order valence-corrected chi connectivity index (χ3v) is 5.48. The van der Waals surface area contributed by atoms with E-state index in [1.54, 1.807) is 11.3 Å². The molecule has 118 valence electrons. The van der Waals surface area contributed by atoms with Gasteiger partial charge in [-0.3, -0.25) is 4.90 Å². The normalized spacial score (nSPS) is 25.9. The highest BCUT2D eigenvalue weighted by atomic mass is 32.1. The Morgan fingerprint density at radius 3 is 2.76 bits per heavy atom. The molecule has 2 saturated heterocycles. The molecule has 21 heavy (non-hydrogen) atoms. The van der Waals surface area contributed by atoms with Crippen LogP contribution in [-0.4, -0.2) is 60.2 Å². The summed E-state index contributed by atoms with van der Waals surface area (Å²) in [6, 6.07) is 0. The van der Waals surface area contributed by atoms with Gasteiger partial charge in [0.2, 0.25) is 0 Å². The van der Waals surface area contributed by atoms with Gasteiger partial charge in [-0.2, -0.15) is 0 Å². The zero-order chi connectivity index (χ0) is 14.5. The summed E-state index contributed by atoms with van der Waals surface area (Å²) in [6.45, 7) is 9.90. The number of aromatic nitrogens is 1. The minimum Gasteiger partial charge on any atom is -0.376 e. The van der Waals surface area contributed by atoms with Crippen LogP contribution in [0.1, 0.15) is 36.3 Å². The Kier molecular flexibility index (Phi) is 5.63. The summed E-state index contributed by atoms with van der Waals surface area (Å²) in [7, 11) is 0. The van der Waals surface area contributed by atoms with Gasteiger partial charge in [0.1, 0.15) is 0 Å². The summed E-state index contributed by atoms with van der Waals surface area (Å²) in [5, 5.41) is 0. The van der Waals surface area contributed by atoms with Crippen LogP contribution in [-0.2, 0) is 11.3 Å². The van der Waals surface area contributed by atoms with Crippen molar-refractivity contribution in [3.63, 3.8) is 0 Å². The molecule has 2 fully saturated rings. The van der Waals surface area contributed by atoms with Gasteiger partial charge in [-0.1, -0.05) is 6.42 Å². The molecule has 0 N–H and O–H groups in total. The Morgan fingerprint density at radius 1 is 1.19 bits per heavy atom. The van der Waals surface area contributed by atoms with Crippen molar-refractivity contribution in [3.05, 3.63) is 16.1 Å². The highest BCUT2D eigenvalue weighted by Crippen LogP contribution is 2.18. The number of nitrogens with zero attached hydrogens (tertiary/aromatic N) is 3. The average molecular weight is 309 g/mol. The fraction of sp³-hybridized carbons (Fsp3) is 0.812. The molecule has 2 aliphatic rings. The molecule has 0 aliphatic carbocycles. The number of aryl methyl sites for hydroxylation is 1. The van der Waals surface area contributed by atoms with Crippen molar-refractivity contribution < 1.29 is 4.74 Å². The standard InChI is InChI=1S/C16H27N3OS/c1-14-16(21-13-17-14)12-19-8-5-9-20-15(11-19)10-18-6-3-2-4-7-18/h13,15H,2-12H2,1H3/t15-/m0/s1. The van der Waals surface area contributed by atoms with Crippen LogP contribution >= 0.6 is 11.3 Å². The third-order valence-electron chi connectivity index (χ3n) is 4.56. The monoisotopic (exact) mass is 309 g/mol. The molecule has 5 heteroatoms. The molecule has 0 spiro atoms. The lowest BCUT2D eigenvalue weighted by molar-refractivity contribution is 0.0217. The first-order chi connectivity index (χ1) is 10.3. The Balaban J connectivity index is 1.54. The lowest BCUT2D eigenvalue weighted by Crippen LogP contribution is -2.42. The molecule has 2 aliphatic heterocycles. The van der Waals surface area contributed by atoms with Gasteiger partial charge in [-0.15, -0.1) is 11.3 Å². The van der Waals surface area contributed by atoms with Crippen LogP contribution in [0.4, 0.5) is 0 Å². The van der Waals surface area contributed by atoms with Crippen molar-refractivity contribution in [2.24, 2.45) is 0 Å². The zero-order valence-electron chi connectivity index (χ0n) is 13.1. The lowest BCUT2D eigenvalue weighted by atomic mass is 10.1. The van der Waals surface area contributed by atoms with E-state index in [0.29, 0.717) is 6.10 Å². The molecular formula is C16H27N3OS. The average Bonchev–Trinajstić information content (AvgIpc) is 2.76. The second-order valence-corrected chi connectivity index (χ2v) is 7.24. The number of hydrogen-bond acceptors (Lipinski definition) is 5. The Morgan fingerprint density at radius 2 is 2.00 bits per heavy atom. The van der Waals surface area contributed by atoms with Crippen molar-refractivity contribution in [3.8, 4) is 0 Å². The first kappa shape index (κ1) is 15.4. The van der Waals surface area contributed by atoms with Crippen LogP contribution in [0.3, 0.4) is 0 Å². The highest BCUT2D eigenvalue weighted by Gasteiger charge is 2.22. The smallest absolute Gasteiger partial charge is 0.0828 e. The fourth-order valence-corrected chi connectivity index (χ4v) is 4.15. The Bertz CT molecular complexity index is 431. The van der Waals surface area contributed by atoms with Gasteiger partial charge in [0.05, 0.1) is 17.3 Å². The highest BCUT2D eigenvalue weighted by molar-refractivity contribution is 7.09. The van der Waals surface area contributed by atoms with Gasteiger partial charge in [0.25, 0.3) is 0 Å². The van der Waals surface area contributed by atoms with Crippen LogP contribution in [0, 0.1) is 6.92 Å². The molecule has 0 amide bonds. The number of thiazole rings is 1. The lowest BCUT2D eigenvalue weighted by Gasteiger charge is -2.31. The predicted molar refractivity (Wildman–Crippen MR) is 86.8 cm³/mol. The summed E-state index contributed by atoms with van der Waals surface area (Å²) < 4.78 is 6.09. The van der Waals surface area contributed by atoms with Crippen LogP contribution in [0.25, 0.3) is 0 Å². The minimum absolute atomic E-state index is 0.374. The molecule has 3 heterocycles. The van der Waals surface area contributed by atoms with Crippen molar-refractivity contribution >= 4 is 11.3 Å². The molecule has 3 rings (SSSR count). The molecule has 4 nitrogen and oxygen atoms in total. The van der Waals surface area contributed by atoms with Crippen molar-refractivity contribution in [2.45, 2.75) is 45.3 Å². The van der Waals surface area contributed by atoms with Crippen LogP contribution in [0.15, 0.2) is 5.51 Å². The maximum absolute atomic E-state index is 6.09. The number of likely N-dealkylation sites (tertiary alicyclic amines) is 1. The van der Waals surface area contributed by atoms with E-state index in [-0.39, 0.29) is 0 Å². The Hall–Kier alpha value is -0.490. The van der Waals surface area contributed by atoms with Gasteiger partial charge in [0.15, 0.2) is 0 Å². The summed E-state index contributed by atoms with van der Waals surface area (Å²) in [4.78, 5) is 10.9. The van der Waals surface area contributed by atoms with E-state index in [4.69, 9.17) is 4.74 Å². The molecule has 0 aromatic carbocycles. The second kappa shape index (κ2) is 7.68. The minimum atomic E-state index is 0.374. The van der Waals surface area contributed by atoms with Gasteiger partial charge < -0.3 is 9.64 Å². The van der Waals surface area contributed by atoms with Crippen LogP contribution < -0.4 is 0 Å². The van der Waals surface area contributed by atoms with E-state index in [1.165, 1.54) is 42.9 Å². The second-order valence-electron chi connectivity index (χ2n) is 6.30. The van der Waals surface area contributed by atoms with Gasteiger partial charge >= 0.3 is 0 Å². The molecule has 0 saturated carbocycles. The van der Waals surface area contributed by atoms with E-state index in [0.717, 1.165) is 39.2 Å². The molecular weight excluding hydrogens is 282 g/mol. The summed E-state index contributed by atoms with van der Waals surface area (Å²) in [6.07, 6.45) is 5.64. The summed E-state index contributed by atoms with van der Waals surface area (Å²) in [5.41, 5.74) is 3.15. The molecule has 1 aromatic rings. The Labute approximate surface area is 132 Å². The molecule has 1 atom stereocenters. The largest absolute Gasteiger partial charge is 0.376 e. The van der Waals surface area contributed by atoms with E-state index in [1.807, 2.05) is 5.51 Å². The van der Waals surface area contributed by atoms with E-state index >= 15 is 0 Å². The van der Waals surface area contributed by atoms with Gasteiger partial charge in [-0.05, 0) is 39.3 Å². The molecule has 0 bridgehead atoms. The van der Waals surface area contributed by atoms with E-state index in [9.17, 15) is 0 Å². The van der Waals surface area contributed by atoms with Crippen molar-refractivity contribution in [1.29, 1.82) is 0 Å². The topological polar surface area (TPSA) is 28.6 Å². The quantitative estimate of drug-likeness (QED) is 0.854. The van der Waals surface area contributed by atoms with Crippen molar-refractivity contribution in [1.82, 2.24) is 14.8 Å². The number of piperidine rings is 1. The van der Waals surface area contributed by atoms with Crippen LogP contribution in [0.2, 0.25) is 0 Å². The number of hydrogen-bond donors (Lipinski definition) is 0. The molecule has 0 unspecified atom stereocenters. The van der Waals surface area contributed by atoms with Crippen LogP contribution in [0.5, 0.6) is 0 Å². The van der Waals surface area contributed by atoms with E-state index < -0.39 is 0 Å². The number of rotatable bonds is 4. The summed E-state index contributed by atoms with van der Waals surface area (Å²) in [5.74, 6) is 0. The number of ether oxygens (including phenoxy) is 1. The van der Waals surface area contributed by atoms with Crippen molar-refractivity contribution in [2.75, 3.05) is 39.3 Å². The van der Waals surface area contributed by atoms with Gasteiger partial charge in [0, 0.05) is 37.7 Å².